The van der Waals surface area contributed by atoms with E-state index in [1.165, 1.54) is 5.56 Å². The topological polar surface area (TPSA) is 71.1 Å². The molecular formula is C22H21N3O2. The summed E-state index contributed by atoms with van der Waals surface area (Å²) >= 11 is 0. The number of aromatic nitrogens is 1. The summed E-state index contributed by atoms with van der Waals surface area (Å²) in [4.78, 5) is 29.1. The molecule has 3 aromatic rings. The van der Waals surface area contributed by atoms with Crippen LogP contribution in [0.1, 0.15) is 12.0 Å². The van der Waals surface area contributed by atoms with E-state index in [4.69, 9.17) is 0 Å². The SMILES string of the molecule is O=C(NCCc1ccccc1)C1CC1C(=O)Nc1cccc2cccnc12. The van der Waals surface area contributed by atoms with Crippen molar-refractivity contribution in [3.05, 3.63) is 72.4 Å². The van der Waals surface area contributed by atoms with Gasteiger partial charge in [-0.3, -0.25) is 14.6 Å². The van der Waals surface area contributed by atoms with Crippen molar-refractivity contribution in [3.8, 4) is 0 Å². The van der Waals surface area contributed by atoms with Crippen molar-refractivity contribution in [2.24, 2.45) is 11.8 Å². The first-order chi connectivity index (χ1) is 13.2. The van der Waals surface area contributed by atoms with E-state index in [2.05, 4.69) is 15.6 Å². The minimum Gasteiger partial charge on any atom is -0.356 e. The van der Waals surface area contributed by atoms with Crippen LogP contribution < -0.4 is 10.6 Å². The smallest absolute Gasteiger partial charge is 0.228 e. The average Bonchev–Trinajstić information content (AvgIpc) is 3.50. The summed E-state index contributed by atoms with van der Waals surface area (Å²) in [6.07, 6.45) is 3.09. The fraction of sp³-hybridized carbons (Fsp3) is 0.227. The van der Waals surface area contributed by atoms with Crippen LogP contribution >= 0.6 is 0 Å². The first-order valence-corrected chi connectivity index (χ1v) is 9.18. The van der Waals surface area contributed by atoms with Gasteiger partial charge in [0.15, 0.2) is 0 Å². The van der Waals surface area contributed by atoms with Gasteiger partial charge >= 0.3 is 0 Å². The molecule has 1 aliphatic carbocycles. The lowest BCUT2D eigenvalue weighted by atomic mass is 10.1. The van der Waals surface area contributed by atoms with Gasteiger partial charge in [0.1, 0.15) is 0 Å². The Balaban J connectivity index is 1.30. The Hall–Kier alpha value is -3.21. The monoisotopic (exact) mass is 359 g/mol. The van der Waals surface area contributed by atoms with Crippen molar-refractivity contribution in [1.29, 1.82) is 0 Å². The Morgan fingerprint density at radius 1 is 0.926 bits per heavy atom. The summed E-state index contributed by atoms with van der Waals surface area (Å²) in [6.45, 7) is 0.584. The molecule has 0 aliphatic heterocycles. The number of pyridine rings is 1. The van der Waals surface area contributed by atoms with Gasteiger partial charge in [-0.2, -0.15) is 0 Å². The number of nitrogens with one attached hydrogen (secondary N) is 2. The summed E-state index contributed by atoms with van der Waals surface area (Å²) in [6, 6.07) is 19.5. The number of anilines is 1. The van der Waals surface area contributed by atoms with Gasteiger partial charge in [-0.1, -0.05) is 48.5 Å². The predicted octanol–water partition coefficient (Wildman–Crippen LogP) is 3.17. The number of hydrogen-bond acceptors (Lipinski definition) is 3. The lowest BCUT2D eigenvalue weighted by Gasteiger charge is -2.08. The second kappa shape index (κ2) is 7.58. The van der Waals surface area contributed by atoms with Gasteiger partial charge in [-0.15, -0.1) is 0 Å². The number of rotatable bonds is 6. The molecule has 1 saturated carbocycles. The van der Waals surface area contributed by atoms with E-state index < -0.39 is 0 Å². The largest absolute Gasteiger partial charge is 0.356 e. The zero-order chi connectivity index (χ0) is 18.6. The first kappa shape index (κ1) is 17.2. The standard InChI is InChI=1S/C22H21N3O2/c26-21(24-13-11-15-6-2-1-3-7-15)17-14-18(17)22(27)25-19-10-4-8-16-9-5-12-23-20(16)19/h1-10,12,17-18H,11,13-14H2,(H,24,26)(H,25,27). The summed E-state index contributed by atoms with van der Waals surface area (Å²) < 4.78 is 0. The van der Waals surface area contributed by atoms with Crippen molar-refractivity contribution in [2.75, 3.05) is 11.9 Å². The van der Waals surface area contributed by atoms with Gasteiger partial charge in [0.25, 0.3) is 0 Å². The van der Waals surface area contributed by atoms with Gasteiger partial charge in [0.2, 0.25) is 11.8 Å². The number of amides is 2. The molecule has 1 fully saturated rings. The molecule has 0 radical (unpaired) electrons. The van der Waals surface area contributed by atoms with Crippen LogP contribution in [0.5, 0.6) is 0 Å². The van der Waals surface area contributed by atoms with E-state index in [1.54, 1.807) is 6.20 Å². The van der Waals surface area contributed by atoms with E-state index in [0.717, 1.165) is 17.3 Å². The van der Waals surface area contributed by atoms with Crippen LogP contribution in [-0.4, -0.2) is 23.3 Å². The molecule has 0 saturated heterocycles. The first-order valence-electron chi connectivity index (χ1n) is 9.18. The highest BCUT2D eigenvalue weighted by Crippen LogP contribution is 2.39. The Bertz CT molecular complexity index is 966. The molecule has 0 spiro atoms. The summed E-state index contributed by atoms with van der Waals surface area (Å²) in [5.41, 5.74) is 2.64. The summed E-state index contributed by atoms with van der Waals surface area (Å²) in [5, 5.41) is 6.85. The number of nitrogens with zero attached hydrogens (tertiary/aromatic N) is 1. The fourth-order valence-electron chi connectivity index (χ4n) is 3.31. The van der Waals surface area contributed by atoms with Crippen LogP contribution in [0.25, 0.3) is 10.9 Å². The van der Waals surface area contributed by atoms with Crippen LogP contribution in [0.15, 0.2) is 66.9 Å². The molecule has 2 N–H and O–H groups in total. The van der Waals surface area contributed by atoms with E-state index in [0.29, 0.717) is 18.7 Å². The third kappa shape index (κ3) is 3.97. The van der Waals surface area contributed by atoms with Crippen molar-refractivity contribution < 1.29 is 9.59 Å². The van der Waals surface area contributed by atoms with Crippen molar-refractivity contribution >= 4 is 28.4 Å². The minimum absolute atomic E-state index is 0.0397. The molecular weight excluding hydrogens is 338 g/mol. The highest BCUT2D eigenvalue weighted by Gasteiger charge is 2.47. The fourth-order valence-corrected chi connectivity index (χ4v) is 3.31. The zero-order valence-electron chi connectivity index (χ0n) is 14.9. The number of fused-ring (bicyclic) bond motifs is 1. The summed E-state index contributed by atoms with van der Waals surface area (Å²) in [7, 11) is 0. The van der Waals surface area contributed by atoms with Crippen molar-refractivity contribution in [1.82, 2.24) is 10.3 Å². The van der Waals surface area contributed by atoms with E-state index in [9.17, 15) is 9.59 Å². The number of benzene rings is 2. The molecule has 1 aliphatic rings. The Morgan fingerprint density at radius 3 is 2.56 bits per heavy atom. The van der Waals surface area contributed by atoms with E-state index in [-0.39, 0.29) is 23.7 Å². The molecule has 5 heteroatoms. The van der Waals surface area contributed by atoms with Crippen LogP contribution in [0.4, 0.5) is 5.69 Å². The molecule has 2 atom stereocenters. The van der Waals surface area contributed by atoms with Crippen molar-refractivity contribution in [3.63, 3.8) is 0 Å². The normalized spacial score (nSPS) is 18.1. The summed E-state index contributed by atoms with van der Waals surface area (Å²) in [5.74, 6) is -0.650. The van der Waals surface area contributed by atoms with Gasteiger partial charge in [0.05, 0.1) is 23.0 Å². The molecule has 136 valence electrons. The quantitative estimate of drug-likeness (QED) is 0.710. The number of carbonyl (C=O) groups excluding carboxylic acids is 2. The molecule has 2 aromatic carbocycles. The second-order valence-corrected chi connectivity index (χ2v) is 6.85. The number of para-hydroxylation sites is 1. The number of hydrogen-bond donors (Lipinski definition) is 2. The second-order valence-electron chi connectivity index (χ2n) is 6.85. The Labute approximate surface area is 157 Å². The Kier molecular flexibility index (Phi) is 4.83. The highest BCUT2D eigenvalue weighted by atomic mass is 16.2. The maximum atomic E-state index is 12.5. The van der Waals surface area contributed by atoms with Crippen LogP contribution in [-0.2, 0) is 16.0 Å². The molecule has 2 unspecified atom stereocenters. The highest BCUT2D eigenvalue weighted by molar-refractivity contribution is 6.04. The predicted molar refractivity (Wildman–Crippen MR) is 105 cm³/mol. The van der Waals surface area contributed by atoms with Gasteiger partial charge < -0.3 is 10.6 Å². The average molecular weight is 359 g/mol. The van der Waals surface area contributed by atoms with Gasteiger partial charge in [-0.25, -0.2) is 0 Å². The zero-order valence-corrected chi connectivity index (χ0v) is 14.9. The van der Waals surface area contributed by atoms with E-state index >= 15 is 0 Å². The number of carbonyl (C=O) groups is 2. The van der Waals surface area contributed by atoms with E-state index in [1.807, 2.05) is 60.7 Å². The molecule has 27 heavy (non-hydrogen) atoms. The van der Waals surface area contributed by atoms with Gasteiger partial charge in [-0.05, 0) is 30.5 Å². The maximum Gasteiger partial charge on any atom is 0.228 e. The molecule has 2 amide bonds. The Morgan fingerprint density at radius 2 is 1.70 bits per heavy atom. The third-order valence-electron chi connectivity index (χ3n) is 4.91. The molecule has 1 aromatic heterocycles. The minimum atomic E-state index is -0.263. The van der Waals surface area contributed by atoms with Crippen LogP contribution in [0.3, 0.4) is 0 Å². The van der Waals surface area contributed by atoms with Crippen LogP contribution in [0.2, 0.25) is 0 Å². The van der Waals surface area contributed by atoms with Crippen molar-refractivity contribution in [2.45, 2.75) is 12.8 Å². The van der Waals surface area contributed by atoms with Gasteiger partial charge in [0, 0.05) is 18.1 Å². The molecule has 5 nitrogen and oxygen atoms in total. The molecule has 1 heterocycles. The van der Waals surface area contributed by atoms with Crippen LogP contribution in [0, 0.1) is 11.8 Å². The molecule has 4 rings (SSSR count). The molecule has 0 bridgehead atoms. The third-order valence-corrected chi connectivity index (χ3v) is 4.91. The maximum absolute atomic E-state index is 12.5. The lowest BCUT2D eigenvalue weighted by molar-refractivity contribution is -0.125. The lowest BCUT2D eigenvalue weighted by Crippen LogP contribution is -2.29.